The van der Waals surface area contributed by atoms with Gasteiger partial charge >= 0.3 is 0 Å². The molecular formula is C8H8P4. The monoisotopic (exact) mass is 228 g/mol. The molecule has 0 saturated carbocycles. The molecular weight excluding hydrogens is 220 g/mol. The fourth-order valence-corrected chi connectivity index (χ4v) is 8.70. The van der Waals surface area contributed by atoms with E-state index in [0.29, 0.717) is 0 Å². The molecule has 12 heavy (non-hydrogen) atoms. The summed E-state index contributed by atoms with van der Waals surface area (Å²) in [5.74, 6) is 0. The van der Waals surface area contributed by atoms with Crippen LogP contribution in [0.15, 0.2) is 35.9 Å². The Morgan fingerprint density at radius 2 is 2.00 bits per heavy atom. The van der Waals surface area contributed by atoms with E-state index in [1.807, 2.05) is 0 Å². The molecule has 0 aliphatic heterocycles. The molecule has 1 aromatic heterocycles. The lowest BCUT2D eigenvalue weighted by molar-refractivity contribution is 1.78. The van der Waals surface area contributed by atoms with Gasteiger partial charge in [0.2, 0.25) is 0 Å². The first-order chi connectivity index (χ1) is 5.95. The lowest BCUT2D eigenvalue weighted by atomic mass is 10.4. The van der Waals surface area contributed by atoms with E-state index in [1.165, 1.54) is 21.4 Å². The second-order valence-corrected chi connectivity index (χ2v) is 9.05. The van der Waals surface area contributed by atoms with Crippen LogP contribution in [0, 0.1) is 0 Å². The van der Waals surface area contributed by atoms with Crippen LogP contribution >= 0.6 is 32.5 Å². The van der Waals surface area contributed by atoms with Crippen LogP contribution in [0.4, 0.5) is 0 Å². The Labute approximate surface area is 78.8 Å². The minimum atomic E-state index is 0.937. The third-order valence-electron chi connectivity index (χ3n) is 1.45. The molecule has 0 fully saturated rings. The Hall–Kier alpha value is 0.290. The van der Waals surface area contributed by atoms with Gasteiger partial charge in [-0.2, -0.15) is 0 Å². The van der Waals surface area contributed by atoms with Gasteiger partial charge in [-0.15, -0.1) is 0 Å². The Balaban J connectivity index is 2.15. The minimum absolute atomic E-state index is 0.937. The maximum atomic E-state index is 2.35. The first-order valence-corrected chi connectivity index (χ1v) is 8.39. The molecule has 0 radical (unpaired) electrons. The van der Waals surface area contributed by atoms with Crippen molar-refractivity contribution in [3.8, 4) is 0 Å². The Bertz CT molecular complexity index is 327. The van der Waals surface area contributed by atoms with Gasteiger partial charge in [0.15, 0.2) is 0 Å². The lowest BCUT2D eigenvalue weighted by Crippen LogP contribution is -1.95. The Kier molecular flexibility index (Phi) is 3.33. The normalized spacial score (nSPS) is 13.0. The molecule has 0 nitrogen and oxygen atoms in total. The van der Waals surface area contributed by atoms with E-state index in [1.54, 1.807) is 4.77 Å². The number of rotatable bonds is 2. The summed E-state index contributed by atoms with van der Waals surface area (Å²) in [5, 5.41) is 1.48. The van der Waals surface area contributed by atoms with Crippen molar-refractivity contribution in [3.63, 3.8) is 0 Å². The molecule has 0 aliphatic carbocycles. The standard InChI is InChI=1S/C8H8P4/c1-2-4-7(5-3-1)11-8-9-6-10-12-8/h1-6,11-12H. The molecule has 0 amide bonds. The topological polar surface area (TPSA) is 0 Å². The largest absolute Gasteiger partial charge is 0.0975 e. The van der Waals surface area contributed by atoms with E-state index in [9.17, 15) is 0 Å². The zero-order valence-electron chi connectivity index (χ0n) is 6.36. The summed E-state index contributed by atoms with van der Waals surface area (Å²) < 4.78 is 1.71. The number of hydrogen-bond donors (Lipinski definition) is 0. The van der Waals surface area contributed by atoms with Gasteiger partial charge in [-0.05, 0) is 27.3 Å². The van der Waals surface area contributed by atoms with E-state index < -0.39 is 0 Å². The molecule has 2 unspecified atom stereocenters. The van der Waals surface area contributed by atoms with Gasteiger partial charge in [-0.25, -0.2) is 0 Å². The predicted molar refractivity (Wildman–Crippen MR) is 65.0 cm³/mol. The van der Waals surface area contributed by atoms with Crippen molar-refractivity contribution >= 4 is 42.6 Å². The lowest BCUT2D eigenvalue weighted by Gasteiger charge is -1.96. The van der Waals surface area contributed by atoms with Gasteiger partial charge in [0.05, 0.1) is 0 Å². The average Bonchev–Trinajstić information content (AvgIpc) is 2.59. The number of hydrogen-bond acceptors (Lipinski definition) is 0. The zero-order valence-corrected chi connectivity index (χ0v) is 10.1. The van der Waals surface area contributed by atoms with Gasteiger partial charge in [-0.3, -0.25) is 0 Å². The SMILES string of the molecule is c1ccc(Pc2pcp[pH]2)cc1. The molecule has 0 N–H and O–H groups in total. The van der Waals surface area contributed by atoms with Crippen LogP contribution in [-0.4, -0.2) is 0 Å². The maximum Gasteiger partial charge on any atom is 0.0251 e. The Morgan fingerprint density at radius 1 is 1.17 bits per heavy atom. The molecule has 2 aromatic rings. The summed E-state index contributed by atoms with van der Waals surface area (Å²) in [6, 6.07) is 10.8. The van der Waals surface area contributed by atoms with Crippen LogP contribution in [0.5, 0.6) is 0 Å². The highest BCUT2D eigenvalue weighted by Gasteiger charge is 1.94. The fourth-order valence-electron chi connectivity index (χ4n) is 0.924. The van der Waals surface area contributed by atoms with Crippen molar-refractivity contribution < 1.29 is 0 Å². The molecule has 0 aliphatic rings. The van der Waals surface area contributed by atoms with Crippen molar-refractivity contribution in [2.75, 3.05) is 0 Å². The third-order valence-corrected chi connectivity index (χ3v) is 9.29. The first-order valence-electron chi connectivity index (χ1n) is 3.62. The fraction of sp³-hybridized carbons (Fsp3) is 0. The summed E-state index contributed by atoms with van der Waals surface area (Å²) in [6.45, 7) is 0. The van der Waals surface area contributed by atoms with E-state index >= 15 is 0 Å². The quantitative estimate of drug-likeness (QED) is 0.690. The van der Waals surface area contributed by atoms with Crippen molar-refractivity contribution in [2.24, 2.45) is 0 Å². The van der Waals surface area contributed by atoms with Gasteiger partial charge in [0.25, 0.3) is 0 Å². The molecule has 60 valence electrons. The predicted octanol–water partition coefficient (Wildman–Crippen LogP) is 3.51. The highest BCUT2D eigenvalue weighted by Crippen LogP contribution is 2.32. The van der Waals surface area contributed by atoms with Crippen LogP contribution < -0.4 is 10.1 Å². The molecule has 4 heteroatoms. The minimum Gasteiger partial charge on any atom is -0.0975 e. The second kappa shape index (κ2) is 4.50. The number of benzene rings is 1. The van der Waals surface area contributed by atoms with E-state index in [4.69, 9.17) is 0 Å². The molecule has 2 atom stereocenters. The first kappa shape index (κ1) is 8.87. The Morgan fingerprint density at radius 3 is 2.67 bits per heavy atom. The van der Waals surface area contributed by atoms with Crippen LogP contribution in [-0.2, 0) is 0 Å². The highest BCUT2D eigenvalue weighted by atomic mass is 31.8. The molecule has 1 heterocycles. The van der Waals surface area contributed by atoms with E-state index in [0.717, 1.165) is 16.5 Å². The summed E-state index contributed by atoms with van der Waals surface area (Å²) >= 11 is 0. The summed E-state index contributed by atoms with van der Waals surface area (Å²) in [7, 11) is 5.01. The van der Waals surface area contributed by atoms with Gasteiger partial charge < -0.3 is 0 Å². The smallest absolute Gasteiger partial charge is 0.0251 e. The van der Waals surface area contributed by atoms with Crippen molar-refractivity contribution in [1.82, 2.24) is 0 Å². The molecule has 0 bridgehead atoms. The van der Waals surface area contributed by atoms with Crippen LogP contribution in [0.2, 0.25) is 0 Å². The van der Waals surface area contributed by atoms with E-state index in [2.05, 4.69) is 35.9 Å². The molecule has 0 spiro atoms. The zero-order chi connectivity index (χ0) is 8.23. The van der Waals surface area contributed by atoms with Crippen LogP contribution in [0.1, 0.15) is 0 Å². The maximum absolute atomic E-state index is 2.35. The molecule has 1 aromatic carbocycles. The highest BCUT2D eigenvalue weighted by molar-refractivity contribution is 8.03. The average molecular weight is 228 g/mol. The van der Waals surface area contributed by atoms with Crippen LogP contribution in [0.3, 0.4) is 0 Å². The van der Waals surface area contributed by atoms with Gasteiger partial charge in [0, 0.05) is 4.77 Å². The summed E-state index contributed by atoms with van der Waals surface area (Å²) in [6.07, 6.45) is 0. The van der Waals surface area contributed by atoms with Gasteiger partial charge in [-0.1, -0.05) is 46.4 Å². The van der Waals surface area contributed by atoms with Crippen molar-refractivity contribution in [1.29, 1.82) is 0 Å². The second-order valence-electron chi connectivity index (χ2n) is 2.33. The summed E-state index contributed by atoms with van der Waals surface area (Å²) in [4.78, 5) is 0. The van der Waals surface area contributed by atoms with Crippen molar-refractivity contribution in [3.05, 3.63) is 35.9 Å². The van der Waals surface area contributed by atoms with E-state index in [-0.39, 0.29) is 0 Å². The molecule has 2 rings (SSSR count). The van der Waals surface area contributed by atoms with Gasteiger partial charge in [0.1, 0.15) is 0 Å². The molecule has 0 saturated heterocycles. The van der Waals surface area contributed by atoms with Crippen molar-refractivity contribution in [2.45, 2.75) is 0 Å². The summed E-state index contributed by atoms with van der Waals surface area (Å²) in [5.41, 5.74) is 2.35. The third kappa shape index (κ3) is 2.39. The van der Waals surface area contributed by atoms with Crippen LogP contribution in [0.25, 0.3) is 0 Å².